The van der Waals surface area contributed by atoms with Gasteiger partial charge in [-0.15, -0.1) is 0 Å². The van der Waals surface area contributed by atoms with E-state index in [2.05, 4.69) is 13.8 Å². The fourth-order valence-corrected chi connectivity index (χ4v) is 3.15. The van der Waals surface area contributed by atoms with E-state index in [-0.39, 0.29) is 16.5 Å². The van der Waals surface area contributed by atoms with Crippen LogP contribution in [0.3, 0.4) is 0 Å². The number of hydrogen-bond acceptors (Lipinski definition) is 3. The highest BCUT2D eigenvalue weighted by atomic mass is 19.1. The van der Waals surface area contributed by atoms with Gasteiger partial charge in [-0.3, -0.25) is 0 Å². The first kappa shape index (κ1) is 18.0. The van der Waals surface area contributed by atoms with Crippen LogP contribution in [0.25, 0.3) is 11.4 Å². The van der Waals surface area contributed by atoms with Crippen LogP contribution in [-0.2, 0) is 5.41 Å². The number of carbonyl (C=O) groups is 1. The Balaban J connectivity index is 2.05. The number of carboxylic acid groups (broad SMARTS) is 1. The summed E-state index contributed by atoms with van der Waals surface area (Å²) in [4.78, 5) is 11.0. The largest absolute Gasteiger partial charge is 0.507 e. The highest BCUT2D eigenvalue weighted by Gasteiger charge is 2.29. The van der Waals surface area contributed by atoms with Crippen LogP contribution >= 0.6 is 0 Å². The molecule has 4 nitrogen and oxygen atoms in total. The van der Waals surface area contributed by atoms with Gasteiger partial charge in [-0.2, -0.15) is 0 Å². The number of aromatic hydroxyl groups is 1. The molecule has 0 aromatic heterocycles. The van der Waals surface area contributed by atoms with Crippen molar-refractivity contribution in [3.05, 3.63) is 58.7 Å². The molecule has 1 aliphatic heterocycles. The van der Waals surface area contributed by atoms with E-state index in [0.29, 0.717) is 17.7 Å². The molecular formula is C21H21FO4. The minimum absolute atomic E-state index is 0.0271. The number of fused-ring (bicyclic) bond motifs is 1. The smallest absolute Gasteiger partial charge is 0.335 e. The Kier molecular flexibility index (Phi) is 4.48. The van der Waals surface area contributed by atoms with Crippen molar-refractivity contribution in [1.82, 2.24) is 0 Å². The third-order valence-corrected chi connectivity index (χ3v) is 4.94. The molecule has 2 aromatic rings. The van der Waals surface area contributed by atoms with E-state index in [4.69, 9.17) is 9.84 Å². The lowest BCUT2D eigenvalue weighted by Crippen LogP contribution is -2.26. The number of halogens is 1. The quantitative estimate of drug-likeness (QED) is 0.759. The van der Waals surface area contributed by atoms with Crippen molar-refractivity contribution in [1.29, 1.82) is 0 Å². The molecule has 0 saturated heterocycles. The molecule has 26 heavy (non-hydrogen) atoms. The summed E-state index contributed by atoms with van der Waals surface area (Å²) < 4.78 is 20.7. The van der Waals surface area contributed by atoms with Gasteiger partial charge < -0.3 is 14.9 Å². The number of aromatic carboxylic acids is 1. The van der Waals surface area contributed by atoms with Gasteiger partial charge in [-0.25, -0.2) is 9.18 Å². The average Bonchev–Trinajstić information content (AvgIpc) is 2.60. The second-order valence-electron chi connectivity index (χ2n) is 7.17. The fourth-order valence-electron chi connectivity index (χ4n) is 3.15. The van der Waals surface area contributed by atoms with Gasteiger partial charge in [0.2, 0.25) is 0 Å². The van der Waals surface area contributed by atoms with Crippen LogP contribution in [0, 0.1) is 0 Å². The van der Waals surface area contributed by atoms with Gasteiger partial charge in [-0.05, 0) is 60.2 Å². The van der Waals surface area contributed by atoms with Gasteiger partial charge in [0.25, 0.3) is 0 Å². The highest BCUT2D eigenvalue weighted by molar-refractivity contribution is 5.92. The van der Waals surface area contributed by atoms with Crippen molar-refractivity contribution < 1.29 is 24.1 Å². The summed E-state index contributed by atoms with van der Waals surface area (Å²) >= 11 is 0. The molecule has 5 heteroatoms. The minimum Gasteiger partial charge on any atom is -0.507 e. The molecule has 2 aromatic carbocycles. The molecule has 0 unspecified atom stereocenters. The Hall–Kier alpha value is -2.82. The second kappa shape index (κ2) is 6.48. The van der Waals surface area contributed by atoms with Crippen LogP contribution in [0.5, 0.6) is 11.5 Å². The number of phenolic OH excluding ortho intramolecular Hbond substituents is 1. The predicted octanol–water partition coefficient (Wildman–Crippen LogP) is 5.01. The van der Waals surface area contributed by atoms with E-state index < -0.39 is 17.5 Å². The Labute approximate surface area is 151 Å². The molecule has 2 N–H and O–H groups in total. The average molecular weight is 356 g/mol. The maximum Gasteiger partial charge on any atom is 0.335 e. The van der Waals surface area contributed by atoms with E-state index >= 15 is 0 Å². The van der Waals surface area contributed by atoms with Crippen LogP contribution in [0.4, 0.5) is 4.39 Å². The zero-order valence-electron chi connectivity index (χ0n) is 15.0. The Morgan fingerprint density at radius 2 is 1.85 bits per heavy atom. The van der Waals surface area contributed by atoms with Gasteiger partial charge >= 0.3 is 5.97 Å². The zero-order chi connectivity index (χ0) is 19.1. The zero-order valence-corrected chi connectivity index (χ0v) is 15.0. The highest BCUT2D eigenvalue weighted by Crippen LogP contribution is 2.41. The third-order valence-electron chi connectivity index (χ3n) is 4.94. The topological polar surface area (TPSA) is 66.8 Å². The molecule has 0 fully saturated rings. The summed E-state index contributed by atoms with van der Waals surface area (Å²) in [5.41, 5.74) is 1.91. The Bertz CT molecular complexity index is 912. The number of phenols is 1. The van der Waals surface area contributed by atoms with E-state index in [0.717, 1.165) is 23.8 Å². The summed E-state index contributed by atoms with van der Waals surface area (Å²) in [6.45, 7) is 6.55. The summed E-state index contributed by atoms with van der Waals surface area (Å²) in [5, 5.41) is 19.0. The Morgan fingerprint density at radius 3 is 2.50 bits per heavy atom. The number of ether oxygens (including phenoxy) is 1. The lowest BCUT2D eigenvalue weighted by Gasteiger charge is -2.32. The standard InChI is InChI=1S/C21H21FO4/c1-12(19(22)15-6-4-14(20(24)25)11-17(15)23)13-5-7-18-16(10-13)21(2,3)8-9-26-18/h4-7,10-11,23H,8-9H2,1-3H3,(H,24,25)/b19-12+. The van der Waals surface area contributed by atoms with Gasteiger partial charge in [0.1, 0.15) is 17.3 Å². The molecule has 0 aliphatic carbocycles. The maximum absolute atomic E-state index is 15.0. The molecular weight excluding hydrogens is 335 g/mol. The normalized spacial score (nSPS) is 16.3. The molecule has 0 saturated carbocycles. The molecule has 0 spiro atoms. The number of hydrogen-bond donors (Lipinski definition) is 2. The van der Waals surface area contributed by atoms with Crippen LogP contribution < -0.4 is 4.74 Å². The van der Waals surface area contributed by atoms with Crippen molar-refractivity contribution in [3.8, 4) is 11.5 Å². The summed E-state index contributed by atoms with van der Waals surface area (Å²) in [6, 6.07) is 9.16. The van der Waals surface area contributed by atoms with E-state index in [1.54, 1.807) is 13.0 Å². The monoisotopic (exact) mass is 356 g/mol. The van der Waals surface area contributed by atoms with Crippen molar-refractivity contribution in [2.24, 2.45) is 0 Å². The van der Waals surface area contributed by atoms with Gasteiger partial charge in [0, 0.05) is 5.56 Å². The third kappa shape index (κ3) is 3.17. The first-order chi connectivity index (χ1) is 12.2. The number of carboxylic acids is 1. The first-order valence-corrected chi connectivity index (χ1v) is 8.41. The number of benzene rings is 2. The lowest BCUT2D eigenvalue weighted by atomic mass is 9.79. The minimum atomic E-state index is -1.18. The van der Waals surface area contributed by atoms with Gasteiger partial charge in [0.15, 0.2) is 0 Å². The molecule has 1 aliphatic rings. The maximum atomic E-state index is 15.0. The summed E-state index contributed by atoms with van der Waals surface area (Å²) in [6.07, 6.45) is 0.881. The Morgan fingerprint density at radius 1 is 1.15 bits per heavy atom. The molecule has 3 rings (SSSR count). The van der Waals surface area contributed by atoms with Crippen LogP contribution in [0.15, 0.2) is 36.4 Å². The molecule has 0 atom stereocenters. The van der Waals surface area contributed by atoms with Crippen LogP contribution in [-0.4, -0.2) is 22.8 Å². The van der Waals surface area contributed by atoms with Gasteiger partial charge in [-0.1, -0.05) is 19.9 Å². The molecule has 136 valence electrons. The van der Waals surface area contributed by atoms with E-state index in [1.165, 1.54) is 12.1 Å². The van der Waals surface area contributed by atoms with Crippen LogP contribution in [0.1, 0.15) is 54.2 Å². The van der Waals surface area contributed by atoms with Crippen LogP contribution in [0.2, 0.25) is 0 Å². The SMILES string of the molecule is C/C(=C(\F)c1ccc(C(=O)O)cc1O)c1ccc2c(c1)C(C)(C)CCO2. The lowest BCUT2D eigenvalue weighted by molar-refractivity contribution is 0.0696. The van der Waals surface area contributed by atoms with Crippen molar-refractivity contribution in [2.75, 3.05) is 6.61 Å². The number of allylic oxidation sites excluding steroid dienone is 1. The van der Waals surface area contributed by atoms with Crippen molar-refractivity contribution in [2.45, 2.75) is 32.6 Å². The number of rotatable bonds is 3. The first-order valence-electron chi connectivity index (χ1n) is 8.41. The predicted molar refractivity (Wildman–Crippen MR) is 98.2 cm³/mol. The molecule has 1 heterocycles. The van der Waals surface area contributed by atoms with E-state index in [9.17, 15) is 14.3 Å². The van der Waals surface area contributed by atoms with Crippen molar-refractivity contribution in [3.63, 3.8) is 0 Å². The second-order valence-corrected chi connectivity index (χ2v) is 7.17. The molecule has 0 bridgehead atoms. The van der Waals surface area contributed by atoms with Crippen molar-refractivity contribution >= 4 is 17.4 Å². The van der Waals surface area contributed by atoms with E-state index in [1.807, 2.05) is 12.1 Å². The summed E-state index contributed by atoms with van der Waals surface area (Å²) in [7, 11) is 0. The molecule has 0 radical (unpaired) electrons. The summed E-state index contributed by atoms with van der Waals surface area (Å²) in [5.74, 6) is -1.35. The fraction of sp³-hybridized carbons (Fsp3) is 0.286. The van der Waals surface area contributed by atoms with Gasteiger partial charge in [0.05, 0.1) is 17.7 Å². The molecule has 0 amide bonds.